The molecule has 0 saturated heterocycles. The molecule has 114 valence electrons. The molecule has 0 aliphatic heterocycles. The van der Waals surface area contributed by atoms with Gasteiger partial charge in [0.1, 0.15) is 0 Å². The fourth-order valence-corrected chi connectivity index (χ4v) is 2.65. The number of thioether (sulfide) groups is 1. The van der Waals surface area contributed by atoms with E-state index in [0.29, 0.717) is 31.4 Å². The largest absolute Gasteiger partial charge is 0.385 e. The normalized spacial score (nSPS) is 10.8. The Hall–Kier alpha value is -1.28. The highest BCUT2D eigenvalue weighted by molar-refractivity contribution is 7.99. The second-order valence-corrected chi connectivity index (χ2v) is 5.11. The van der Waals surface area contributed by atoms with Crippen LogP contribution in [0.25, 0.3) is 0 Å². The summed E-state index contributed by atoms with van der Waals surface area (Å²) in [6, 6.07) is 0. The number of aromatic nitrogens is 3. The summed E-state index contributed by atoms with van der Waals surface area (Å²) in [6.07, 6.45) is 0.730. The van der Waals surface area contributed by atoms with Crippen LogP contribution in [0.5, 0.6) is 0 Å². The molecule has 0 aliphatic rings. The second kappa shape index (κ2) is 8.80. The van der Waals surface area contributed by atoms with Gasteiger partial charge in [-0.25, -0.2) is 9.89 Å². The maximum absolute atomic E-state index is 11.9. The van der Waals surface area contributed by atoms with Crippen LogP contribution < -0.4 is 5.69 Å². The lowest BCUT2D eigenvalue weighted by molar-refractivity contribution is -0.127. The molecule has 1 heterocycles. The van der Waals surface area contributed by atoms with Gasteiger partial charge in [0.25, 0.3) is 0 Å². The van der Waals surface area contributed by atoms with E-state index >= 15 is 0 Å². The predicted octanol–water partition coefficient (Wildman–Crippen LogP) is 0.568. The third-order valence-corrected chi connectivity index (χ3v) is 3.86. The fraction of sp³-hybridized carbons (Fsp3) is 0.750. The van der Waals surface area contributed by atoms with Crippen molar-refractivity contribution >= 4 is 17.7 Å². The first-order valence-electron chi connectivity index (χ1n) is 6.68. The SMILES string of the molecule is CCN(CC)C(=O)CSc1n[nH]c(=O)n1CCCOC. The number of nitrogens with one attached hydrogen (secondary N) is 1. The molecule has 20 heavy (non-hydrogen) atoms. The first kappa shape index (κ1) is 16.8. The van der Waals surface area contributed by atoms with Gasteiger partial charge in [0, 0.05) is 33.4 Å². The number of carbonyl (C=O) groups is 1. The van der Waals surface area contributed by atoms with Crippen molar-refractivity contribution in [2.75, 3.05) is 32.6 Å². The van der Waals surface area contributed by atoms with Crippen LogP contribution in [-0.4, -0.2) is 58.1 Å². The summed E-state index contributed by atoms with van der Waals surface area (Å²) >= 11 is 1.28. The fourth-order valence-electron chi connectivity index (χ4n) is 1.77. The van der Waals surface area contributed by atoms with Crippen molar-refractivity contribution in [1.29, 1.82) is 0 Å². The highest BCUT2D eigenvalue weighted by atomic mass is 32.2. The number of hydrogen-bond acceptors (Lipinski definition) is 5. The van der Waals surface area contributed by atoms with E-state index < -0.39 is 0 Å². The van der Waals surface area contributed by atoms with Gasteiger partial charge in [-0.2, -0.15) is 0 Å². The molecule has 0 aliphatic carbocycles. The number of methoxy groups -OCH3 is 1. The van der Waals surface area contributed by atoms with Crippen molar-refractivity contribution in [2.45, 2.75) is 32.0 Å². The lowest BCUT2D eigenvalue weighted by Crippen LogP contribution is -2.32. The third-order valence-electron chi connectivity index (χ3n) is 2.89. The zero-order valence-electron chi connectivity index (χ0n) is 12.2. The van der Waals surface area contributed by atoms with E-state index in [1.807, 2.05) is 13.8 Å². The smallest absolute Gasteiger partial charge is 0.343 e. The molecule has 1 aromatic rings. The number of aromatic amines is 1. The molecule has 0 saturated carbocycles. The monoisotopic (exact) mass is 302 g/mol. The Balaban J connectivity index is 2.59. The topological polar surface area (TPSA) is 80.2 Å². The van der Waals surface area contributed by atoms with Crippen LogP contribution >= 0.6 is 11.8 Å². The zero-order valence-corrected chi connectivity index (χ0v) is 13.0. The standard InChI is InChI=1S/C12H22N4O3S/c1-4-15(5-2)10(17)9-20-12-14-13-11(18)16(12)7-6-8-19-3/h4-9H2,1-3H3,(H,13,18). The van der Waals surface area contributed by atoms with E-state index in [-0.39, 0.29) is 17.3 Å². The van der Waals surface area contributed by atoms with Crippen LogP contribution in [0.15, 0.2) is 9.95 Å². The van der Waals surface area contributed by atoms with Crippen molar-refractivity contribution in [3.63, 3.8) is 0 Å². The van der Waals surface area contributed by atoms with Gasteiger partial charge in [0.2, 0.25) is 5.91 Å². The van der Waals surface area contributed by atoms with Gasteiger partial charge in [-0.05, 0) is 20.3 Å². The third kappa shape index (κ3) is 4.68. The van der Waals surface area contributed by atoms with Crippen molar-refractivity contribution in [3.8, 4) is 0 Å². The van der Waals surface area contributed by atoms with E-state index in [4.69, 9.17) is 4.74 Å². The molecule has 0 fully saturated rings. The Kier molecular flexibility index (Phi) is 7.38. The number of amides is 1. The van der Waals surface area contributed by atoms with Crippen molar-refractivity contribution in [1.82, 2.24) is 19.7 Å². The van der Waals surface area contributed by atoms with Crippen LogP contribution in [0.3, 0.4) is 0 Å². The van der Waals surface area contributed by atoms with Gasteiger partial charge in [0.05, 0.1) is 5.75 Å². The molecule has 1 rings (SSSR count). The molecule has 7 nitrogen and oxygen atoms in total. The Bertz CT molecular complexity index is 468. The first-order valence-corrected chi connectivity index (χ1v) is 7.67. The van der Waals surface area contributed by atoms with Crippen LogP contribution in [0.1, 0.15) is 20.3 Å². The Labute approximate surface area is 122 Å². The van der Waals surface area contributed by atoms with Gasteiger partial charge in [0.15, 0.2) is 5.16 Å². The second-order valence-electron chi connectivity index (χ2n) is 4.16. The lowest BCUT2D eigenvalue weighted by Gasteiger charge is -2.17. The number of carbonyl (C=O) groups excluding carboxylic acids is 1. The molecular formula is C12H22N4O3S. The van der Waals surface area contributed by atoms with Gasteiger partial charge in [-0.3, -0.25) is 9.36 Å². The highest BCUT2D eigenvalue weighted by Gasteiger charge is 2.14. The Morgan fingerprint density at radius 2 is 2.15 bits per heavy atom. The maximum Gasteiger partial charge on any atom is 0.343 e. The van der Waals surface area contributed by atoms with Gasteiger partial charge >= 0.3 is 5.69 Å². The molecule has 1 N–H and O–H groups in total. The van der Waals surface area contributed by atoms with Crippen LogP contribution in [-0.2, 0) is 16.1 Å². The number of hydrogen-bond donors (Lipinski definition) is 1. The molecular weight excluding hydrogens is 280 g/mol. The highest BCUT2D eigenvalue weighted by Crippen LogP contribution is 2.14. The summed E-state index contributed by atoms with van der Waals surface area (Å²) < 4.78 is 6.51. The minimum absolute atomic E-state index is 0.0545. The van der Waals surface area contributed by atoms with E-state index in [1.165, 1.54) is 11.8 Å². The van der Waals surface area contributed by atoms with Gasteiger partial charge in [-0.15, -0.1) is 5.10 Å². The van der Waals surface area contributed by atoms with Gasteiger partial charge in [-0.1, -0.05) is 11.8 Å². The number of H-pyrrole nitrogens is 1. The predicted molar refractivity (Wildman–Crippen MR) is 78.0 cm³/mol. The van der Waals surface area contributed by atoms with Crippen LogP contribution in [0.4, 0.5) is 0 Å². The van der Waals surface area contributed by atoms with Crippen molar-refractivity contribution in [2.24, 2.45) is 0 Å². The average molecular weight is 302 g/mol. The summed E-state index contributed by atoms with van der Waals surface area (Å²) in [5.41, 5.74) is -0.251. The van der Waals surface area contributed by atoms with Crippen molar-refractivity contribution in [3.05, 3.63) is 10.5 Å². The molecule has 0 unspecified atom stereocenters. The molecule has 0 aromatic carbocycles. The summed E-state index contributed by atoms with van der Waals surface area (Å²) in [5.74, 6) is 0.342. The summed E-state index contributed by atoms with van der Waals surface area (Å²) in [4.78, 5) is 25.3. The van der Waals surface area contributed by atoms with Gasteiger partial charge < -0.3 is 9.64 Å². The molecule has 0 atom stereocenters. The van der Waals surface area contributed by atoms with E-state index in [2.05, 4.69) is 10.2 Å². The Morgan fingerprint density at radius 1 is 1.45 bits per heavy atom. The summed E-state index contributed by atoms with van der Waals surface area (Å²) in [6.45, 7) is 6.39. The molecule has 1 amide bonds. The maximum atomic E-state index is 11.9. The molecule has 0 radical (unpaired) electrons. The Morgan fingerprint density at radius 3 is 2.75 bits per heavy atom. The number of nitrogens with zero attached hydrogens (tertiary/aromatic N) is 3. The molecule has 0 bridgehead atoms. The average Bonchev–Trinajstić information content (AvgIpc) is 2.79. The number of ether oxygens (including phenoxy) is 1. The van der Waals surface area contributed by atoms with Crippen LogP contribution in [0, 0.1) is 0 Å². The van der Waals surface area contributed by atoms with Crippen LogP contribution in [0.2, 0.25) is 0 Å². The van der Waals surface area contributed by atoms with Crippen molar-refractivity contribution < 1.29 is 9.53 Å². The molecule has 8 heteroatoms. The molecule has 0 spiro atoms. The van der Waals surface area contributed by atoms with E-state index in [0.717, 1.165) is 6.42 Å². The quantitative estimate of drug-likeness (QED) is 0.533. The number of rotatable bonds is 9. The lowest BCUT2D eigenvalue weighted by atomic mass is 10.4. The molecule has 1 aromatic heterocycles. The minimum Gasteiger partial charge on any atom is -0.385 e. The zero-order chi connectivity index (χ0) is 15.0. The summed E-state index contributed by atoms with van der Waals surface area (Å²) in [5, 5.41) is 6.92. The first-order chi connectivity index (χ1) is 9.63. The minimum atomic E-state index is -0.251. The van der Waals surface area contributed by atoms with E-state index in [1.54, 1.807) is 16.6 Å². The summed E-state index contributed by atoms with van der Waals surface area (Å²) in [7, 11) is 1.62. The van der Waals surface area contributed by atoms with E-state index in [9.17, 15) is 9.59 Å².